The van der Waals surface area contributed by atoms with Gasteiger partial charge >= 0.3 is 6.09 Å². The molecule has 1 heterocycles. The number of hydrogen-bond donors (Lipinski definition) is 3. The molecule has 1 aromatic heterocycles. The van der Waals surface area contributed by atoms with Gasteiger partial charge in [-0.1, -0.05) is 11.3 Å². The van der Waals surface area contributed by atoms with Gasteiger partial charge in [0.2, 0.25) is 11.0 Å². The van der Waals surface area contributed by atoms with Crippen molar-refractivity contribution in [2.24, 2.45) is 5.10 Å². The number of nitrogens with zero attached hydrogens (tertiary/aromatic N) is 3. The Balaban J connectivity index is 1.84. The van der Waals surface area contributed by atoms with E-state index >= 15 is 0 Å². The SMILES string of the molecule is CCOC(=O)Nc1nnc(CC(=O)N/N=C\c2ccc(OCC)c(O)c2)s1. The fourth-order valence-electron chi connectivity index (χ4n) is 1.88. The molecule has 0 unspecified atom stereocenters. The van der Waals surface area contributed by atoms with Crippen molar-refractivity contribution in [2.45, 2.75) is 20.3 Å². The summed E-state index contributed by atoms with van der Waals surface area (Å²) in [4.78, 5) is 23.2. The third kappa shape index (κ3) is 6.55. The average molecular weight is 393 g/mol. The highest BCUT2D eigenvalue weighted by Gasteiger charge is 2.11. The minimum atomic E-state index is -0.632. The molecule has 0 aliphatic heterocycles. The highest BCUT2D eigenvalue weighted by molar-refractivity contribution is 7.15. The molecule has 0 aliphatic carbocycles. The summed E-state index contributed by atoms with van der Waals surface area (Å²) in [5.74, 6) is -0.0370. The Morgan fingerprint density at radius 3 is 2.81 bits per heavy atom. The van der Waals surface area contributed by atoms with Crippen LogP contribution in [0.1, 0.15) is 24.4 Å². The average Bonchev–Trinajstić information content (AvgIpc) is 3.04. The van der Waals surface area contributed by atoms with E-state index in [1.165, 1.54) is 12.3 Å². The summed E-state index contributed by atoms with van der Waals surface area (Å²) in [5.41, 5.74) is 2.94. The van der Waals surface area contributed by atoms with Crippen LogP contribution in [-0.2, 0) is 16.0 Å². The molecule has 2 amide bonds. The maximum absolute atomic E-state index is 11.9. The van der Waals surface area contributed by atoms with Gasteiger partial charge in [-0.15, -0.1) is 10.2 Å². The van der Waals surface area contributed by atoms with Crippen molar-refractivity contribution in [3.05, 3.63) is 28.8 Å². The lowest BCUT2D eigenvalue weighted by Crippen LogP contribution is -2.19. The van der Waals surface area contributed by atoms with Crippen LogP contribution in [0.15, 0.2) is 23.3 Å². The number of amides is 2. The number of benzene rings is 1. The molecule has 0 fully saturated rings. The van der Waals surface area contributed by atoms with Crippen LogP contribution in [0.3, 0.4) is 0 Å². The fraction of sp³-hybridized carbons (Fsp3) is 0.312. The number of phenolic OH excluding ortho intramolecular Hbond substituents is 1. The Morgan fingerprint density at radius 1 is 1.30 bits per heavy atom. The van der Waals surface area contributed by atoms with E-state index in [0.717, 1.165) is 11.3 Å². The third-order valence-corrected chi connectivity index (χ3v) is 3.79. The van der Waals surface area contributed by atoms with Gasteiger partial charge in [-0.25, -0.2) is 10.2 Å². The summed E-state index contributed by atoms with van der Waals surface area (Å²) in [5, 5.41) is 24.2. The largest absolute Gasteiger partial charge is 0.504 e. The van der Waals surface area contributed by atoms with E-state index in [4.69, 9.17) is 9.47 Å². The molecule has 10 nitrogen and oxygen atoms in total. The van der Waals surface area contributed by atoms with Crippen molar-refractivity contribution >= 4 is 34.7 Å². The van der Waals surface area contributed by atoms with Crippen LogP contribution in [0.2, 0.25) is 0 Å². The Bertz CT molecular complexity index is 823. The van der Waals surface area contributed by atoms with Crippen molar-refractivity contribution in [3.8, 4) is 11.5 Å². The smallest absolute Gasteiger partial charge is 0.413 e. The minimum Gasteiger partial charge on any atom is -0.504 e. The molecule has 144 valence electrons. The molecule has 0 atom stereocenters. The van der Waals surface area contributed by atoms with Gasteiger partial charge in [-0.05, 0) is 37.6 Å². The van der Waals surface area contributed by atoms with Crippen molar-refractivity contribution in [2.75, 3.05) is 18.5 Å². The van der Waals surface area contributed by atoms with Crippen molar-refractivity contribution in [3.63, 3.8) is 0 Å². The normalized spacial score (nSPS) is 10.6. The predicted octanol–water partition coefficient (Wildman–Crippen LogP) is 1.90. The zero-order chi connectivity index (χ0) is 19.6. The maximum Gasteiger partial charge on any atom is 0.413 e. The molecular formula is C16H19N5O5S. The van der Waals surface area contributed by atoms with Crippen LogP contribution < -0.4 is 15.5 Å². The van der Waals surface area contributed by atoms with E-state index in [9.17, 15) is 14.7 Å². The number of nitrogens with one attached hydrogen (secondary N) is 2. The van der Waals surface area contributed by atoms with Gasteiger partial charge in [0.1, 0.15) is 5.01 Å². The molecule has 27 heavy (non-hydrogen) atoms. The Labute approximate surface area is 159 Å². The van der Waals surface area contributed by atoms with Crippen LogP contribution in [0.4, 0.5) is 9.93 Å². The molecule has 2 aromatic rings. The van der Waals surface area contributed by atoms with Gasteiger partial charge in [-0.2, -0.15) is 5.10 Å². The van der Waals surface area contributed by atoms with E-state index in [1.807, 2.05) is 6.92 Å². The number of hydrazone groups is 1. The van der Waals surface area contributed by atoms with E-state index in [-0.39, 0.29) is 23.9 Å². The molecule has 3 N–H and O–H groups in total. The van der Waals surface area contributed by atoms with Gasteiger partial charge in [0, 0.05) is 0 Å². The third-order valence-electron chi connectivity index (χ3n) is 2.95. The summed E-state index contributed by atoms with van der Waals surface area (Å²) in [6.07, 6.45) is 0.711. The lowest BCUT2D eigenvalue weighted by molar-refractivity contribution is -0.120. The number of ether oxygens (including phenoxy) is 2. The quantitative estimate of drug-likeness (QED) is 0.460. The second kappa shape index (κ2) is 10.1. The Morgan fingerprint density at radius 2 is 2.11 bits per heavy atom. The Hall–Kier alpha value is -3.21. The molecular weight excluding hydrogens is 374 g/mol. The predicted molar refractivity (Wildman–Crippen MR) is 99.3 cm³/mol. The first-order valence-electron chi connectivity index (χ1n) is 8.05. The monoisotopic (exact) mass is 393 g/mol. The molecule has 0 spiro atoms. The number of carbonyl (C=O) groups excluding carboxylic acids is 2. The van der Waals surface area contributed by atoms with E-state index < -0.39 is 12.0 Å². The molecule has 0 saturated carbocycles. The fourth-order valence-corrected chi connectivity index (χ4v) is 2.60. The van der Waals surface area contributed by atoms with E-state index in [2.05, 4.69) is 26.0 Å². The molecule has 0 aliphatic rings. The maximum atomic E-state index is 11.9. The first-order chi connectivity index (χ1) is 13.0. The minimum absolute atomic E-state index is 0.0115. The zero-order valence-corrected chi connectivity index (χ0v) is 15.6. The molecule has 1 aromatic carbocycles. The van der Waals surface area contributed by atoms with Gasteiger partial charge in [0.05, 0.1) is 25.8 Å². The summed E-state index contributed by atoms with van der Waals surface area (Å²) in [6.45, 7) is 4.19. The summed E-state index contributed by atoms with van der Waals surface area (Å²) < 4.78 is 9.96. The Kier molecular flexibility index (Phi) is 7.49. The lowest BCUT2D eigenvalue weighted by atomic mass is 10.2. The molecule has 0 saturated heterocycles. The lowest BCUT2D eigenvalue weighted by Gasteiger charge is -2.05. The van der Waals surface area contributed by atoms with Crippen LogP contribution >= 0.6 is 11.3 Å². The van der Waals surface area contributed by atoms with Gasteiger partial charge in [0.25, 0.3) is 0 Å². The first kappa shape index (κ1) is 20.1. The van der Waals surface area contributed by atoms with E-state index in [1.54, 1.807) is 19.1 Å². The zero-order valence-electron chi connectivity index (χ0n) is 14.8. The standard InChI is InChI=1S/C16H19N5O5S/c1-3-25-12-6-5-10(7-11(12)22)9-17-19-13(23)8-14-20-21-15(27-14)18-16(24)26-4-2/h5-7,9,22H,3-4,8H2,1-2H3,(H,19,23)(H,18,21,24)/b17-9-. The van der Waals surface area contributed by atoms with Gasteiger partial charge < -0.3 is 14.6 Å². The number of aromatic nitrogens is 2. The summed E-state index contributed by atoms with van der Waals surface area (Å²) in [7, 11) is 0. The second-order valence-corrected chi connectivity index (χ2v) is 6.04. The van der Waals surface area contributed by atoms with Crippen molar-refractivity contribution < 1.29 is 24.2 Å². The van der Waals surface area contributed by atoms with Gasteiger partial charge in [-0.3, -0.25) is 10.1 Å². The van der Waals surface area contributed by atoms with Crippen LogP contribution in [0.5, 0.6) is 11.5 Å². The highest BCUT2D eigenvalue weighted by atomic mass is 32.1. The summed E-state index contributed by atoms with van der Waals surface area (Å²) >= 11 is 1.06. The number of phenols is 1. The number of anilines is 1. The van der Waals surface area contributed by atoms with Gasteiger partial charge in [0.15, 0.2) is 11.5 Å². The molecule has 2 rings (SSSR count). The summed E-state index contributed by atoms with van der Waals surface area (Å²) in [6, 6.07) is 4.78. The number of hydrogen-bond acceptors (Lipinski definition) is 9. The number of rotatable bonds is 8. The van der Waals surface area contributed by atoms with Crippen molar-refractivity contribution in [1.29, 1.82) is 0 Å². The molecule has 0 radical (unpaired) electrons. The number of aromatic hydroxyl groups is 1. The topological polar surface area (TPSA) is 135 Å². The van der Waals surface area contributed by atoms with Crippen LogP contribution in [0.25, 0.3) is 0 Å². The van der Waals surface area contributed by atoms with Crippen molar-refractivity contribution in [1.82, 2.24) is 15.6 Å². The molecule has 11 heteroatoms. The molecule has 0 bridgehead atoms. The van der Waals surface area contributed by atoms with Crippen LogP contribution in [-0.4, -0.2) is 46.7 Å². The van der Waals surface area contributed by atoms with E-state index in [0.29, 0.717) is 22.9 Å². The number of carbonyl (C=O) groups is 2. The van der Waals surface area contributed by atoms with Crippen LogP contribution in [0, 0.1) is 0 Å². The second-order valence-electron chi connectivity index (χ2n) is 4.98. The first-order valence-corrected chi connectivity index (χ1v) is 8.87. The highest BCUT2D eigenvalue weighted by Crippen LogP contribution is 2.26.